The second-order valence-electron chi connectivity index (χ2n) is 4.52. The normalized spacial score (nSPS) is 21.8. The minimum Gasteiger partial charge on any atom is -0.299 e. The van der Waals surface area contributed by atoms with Crippen LogP contribution in [0.1, 0.15) is 38.3 Å². The van der Waals surface area contributed by atoms with Crippen molar-refractivity contribution in [3.05, 3.63) is 18.0 Å². The first-order valence-electron chi connectivity index (χ1n) is 6.22. The third-order valence-electron chi connectivity index (χ3n) is 3.17. The third-order valence-corrected chi connectivity index (χ3v) is 3.17. The Balaban J connectivity index is 1.96. The van der Waals surface area contributed by atoms with Gasteiger partial charge in [-0.05, 0) is 20.3 Å². The monoisotopic (exact) mass is 250 g/mol. The van der Waals surface area contributed by atoms with Gasteiger partial charge in [-0.15, -0.1) is 0 Å². The number of piperidine rings is 1. The van der Waals surface area contributed by atoms with E-state index in [9.17, 15) is 9.59 Å². The Morgan fingerprint density at radius 3 is 3.00 bits per heavy atom. The molecule has 1 aromatic rings. The van der Waals surface area contributed by atoms with Gasteiger partial charge in [0.1, 0.15) is 0 Å². The van der Waals surface area contributed by atoms with E-state index in [2.05, 4.69) is 15.7 Å². The van der Waals surface area contributed by atoms with E-state index >= 15 is 0 Å². The molecule has 2 atom stereocenters. The van der Waals surface area contributed by atoms with Crippen molar-refractivity contribution in [3.63, 3.8) is 0 Å². The average Bonchev–Trinajstić information content (AvgIpc) is 2.81. The van der Waals surface area contributed by atoms with E-state index in [1.165, 1.54) is 0 Å². The van der Waals surface area contributed by atoms with E-state index in [1.54, 1.807) is 6.20 Å². The molecular weight excluding hydrogens is 232 g/mol. The Hall–Kier alpha value is -1.69. The molecule has 1 aliphatic heterocycles. The van der Waals surface area contributed by atoms with Gasteiger partial charge in [0.15, 0.2) is 0 Å². The van der Waals surface area contributed by atoms with Gasteiger partial charge < -0.3 is 0 Å². The molecule has 0 aliphatic carbocycles. The van der Waals surface area contributed by atoms with Crippen LogP contribution < -0.4 is 10.6 Å². The van der Waals surface area contributed by atoms with E-state index in [0.29, 0.717) is 12.8 Å². The first kappa shape index (κ1) is 12.8. The molecule has 2 unspecified atom stereocenters. The van der Waals surface area contributed by atoms with E-state index in [4.69, 9.17) is 0 Å². The molecule has 0 spiro atoms. The zero-order chi connectivity index (χ0) is 13.1. The second-order valence-corrected chi connectivity index (χ2v) is 4.52. The molecule has 18 heavy (non-hydrogen) atoms. The van der Waals surface area contributed by atoms with Crippen LogP contribution >= 0.6 is 0 Å². The van der Waals surface area contributed by atoms with Gasteiger partial charge in [-0.2, -0.15) is 5.10 Å². The van der Waals surface area contributed by atoms with Gasteiger partial charge in [-0.3, -0.25) is 24.9 Å². The van der Waals surface area contributed by atoms with Crippen LogP contribution in [-0.4, -0.2) is 27.6 Å². The van der Waals surface area contributed by atoms with Crippen molar-refractivity contribution in [3.8, 4) is 0 Å². The minimum absolute atomic E-state index is 0.0363. The SMILES string of the molecule is CCn1cc(C(C)NC2CCC(=O)NC2=O)cn1. The van der Waals surface area contributed by atoms with Gasteiger partial charge in [0.2, 0.25) is 11.8 Å². The minimum atomic E-state index is -0.303. The van der Waals surface area contributed by atoms with Gasteiger partial charge in [0.25, 0.3) is 0 Å². The van der Waals surface area contributed by atoms with Crippen LogP contribution in [0.25, 0.3) is 0 Å². The van der Waals surface area contributed by atoms with Crippen molar-refractivity contribution in [1.29, 1.82) is 0 Å². The highest BCUT2D eigenvalue weighted by Gasteiger charge is 2.27. The lowest BCUT2D eigenvalue weighted by atomic mass is 10.0. The van der Waals surface area contributed by atoms with Crippen molar-refractivity contribution in [2.45, 2.75) is 45.3 Å². The quantitative estimate of drug-likeness (QED) is 0.756. The van der Waals surface area contributed by atoms with Gasteiger partial charge in [0.05, 0.1) is 12.2 Å². The number of amides is 2. The maximum absolute atomic E-state index is 11.6. The Labute approximate surface area is 106 Å². The van der Waals surface area contributed by atoms with E-state index < -0.39 is 0 Å². The summed E-state index contributed by atoms with van der Waals surface area (Å²) in [7, 11) is 0. The molecule has 0 saturated carbocycles. The second kappa shape index (κ2) is 5.30. The summed E-state index contributed by atoms with van der Waals surface area (Å²) < 4.78 is 1.85. The predicted molar refractivity (Wildman–Crippen MR) is 65.6 cm³/mol. The van der Waals surface area contributed by atoms with Crippen LogP contribution in [0.4, 0.5) is 0 Å². The van der Waals surface area contributed by atoms with Crippen LogP contribution in [-0.2, 0) is 16.1 Å². The molecule has 6 nitrogen and oxygen atoms in total. The molecule has 0 bridgehead atoms. The average molecular weight is 250 g/mol. The van der Waals surface area contributed by atoms with Crippen LogP contribution in [0, 0.1) is 0 Å². The van der Waals surface area contributed by atoms with E-state index in [-0.39, 0.29) is 23.9 Å². The molecule has 1 aromatic heterocycles. The molecule has 0 radical (unpaired) electrons. The molecule has 0 aromatic carbocycles. The molecular formula is C12H18N4O2. The van der Waals surface area contributed by atoms with Gasteiger partial charge in [0, 0.05) is 30.8 Å². The molecule has 2 heterocycles. The molecule has 98 valence electrons. The summed E-state index contributed by atoms with van der Waals surface area (Å²) in [5, 5.41) is 9.77. The van der Waals surface area contributed by atoms with Crippen molar-refractivity contribution >= 4 is 11.8 Å². The molecule has 1 aliphatic rings. The highest BCUT2D eigenvalue weighted by molar-refractivity contribution is 6.00. The van der Waals surface area contributed by atoms with Crippen LogP contribution in [0.3, 0.4) is 0 Å². The fraction of sp³-hybridized carbons (Fsp3) is 0.583. The van der Waals surface area contributed by atoms with Crippen molar-refractivity contribution in [2.24, 2.45) is 0 Å². The van der Waals surface area contributed by atoms with Gasteiger partial charge in [-0.1, -0.05) is 0 Å². The smallest absolute Gasteiger partial charge is 0.243 e. The molecule has 2 rings (SSSR count). The predicted octanol–water partition coefficient (Wildman–Crippen LogP) is 0.359. The maximum atomic E-state index is 11.6. The van der Waals surface area contributed by atoms with Crippen LogP contribution in [0.15, 0.2) is 12.4 Å². The number of imide groups is 1. The van der Waals surface area contributed by atoms with Crippen molar-refractivity contribution < 1.29 is 9.59 Å². The largest absolute Gasteiger partial charge is 0.299 e. The number of hydrogen-bond donors (Lipinski definition) is 2. The summed E-state index contributed by atoms with van der Waals surface area (Å²) in [5.41, 5.74) is 1.04. The maximum Gasteiger partial charge on any atom is 0.243 e. The zero-order valence-corrected chi connectivity index (χ0v) is 10.6. The summed E-state index contributed by atoms with van der Waals surface area (Å²) in [4.78, 5) is 22.7. The zero-order valence-electron chi connectivity index (χ0n) is 10.6. The Morgan fingerprint density at radius 2 is 2.39 bits per heavy atom. The number of nitrogens with zero attached hydrogens (tertiary/aromatic N) is 2. The molecule has 6 heteroatoms. The number of hydrogen-bond acceptors (Lipinski definition) is 4. The van der Waals surface area contributed by atoms with Crippen molar-refractivity contribution in [1.82, 2.24) is 20.4 Å². The number of aryl methyl sites for hydroxylation is 1. The lowest BCUT2D eigenvalue weighted by Gasteiger charge is -2.24. The number of nitrogens with one attached hydrogen (secondary N) is 2. The fourth-order valence-electron chi connectivity index (χ4n) is 2.03. The molecule has 1 saturated heterocycles. The van der Waals surface area contributed by atoms with Gasteiger partial charge >= 0.3 is 0 Å². The lowest BCUT2D eigenvalue weighted by Crippen LogP contribution is -2.51. The first-order valence-corrected chi connectivity index (χ1v) is 6.22. The van der Waals surface area contributed by atoms with E-state index in [0.717, 1.165) is 12.1 Å². The summed E-state index contributed by atoms with van der Waals surface area (Å²) in [6, 6.07) is -0.267. The van der Waals surface area contributed by atoms with Crippen LogP contribution in [0.5, 0.6) is 0 Å². The number of rotatable bonds is 4. The Bertz CT molecular complexity index is 455. The van der Waals surface area contributed by atoms with E-state index in [1.807, 2.05) is 24.7 Å². The summed E-state index contributed by atoms with van der Waals surface area (Å²) in [6.45, 7) is 4.83. The Kier molecular flexibility index (Phi) is 3.76. The standard InChI is InChI=1S/C12H18N4O2/c1-3-16-7-9(6-13-16)8(2)14-10-4-5-11(17)15-12(10)18/h6-8,10,14H,3-5H2,1-2H3,(H,15,17,18). The number of aromatic nitrogens is 2. The summed E-state index contributed by atoms with van der Waals surface area (Å²) in [6.07, 6.45) is 4.71. The molecule has 2 N–H and O–H groups in total. The lowest BCUT2D eigenvalue weighted by molar-refractivity contribution is -0.134. The van der Waals surface area contributed by atoms with Gasteiger partial charge in [-0.25, -0.2) is 0 Å². The fourth-order valence-corrected chi connectivity index (χ4v) is 2.03. The third kappa shape index (κ3) is 2.76. The van der Waals surface area contributed by atoms with Crippen molar-refractivity contribution in [2.75, 3.05) is 0 Å². The summed E-state index contributed by atoms with van der Waals surface area (Å²) >= 11 is 0. The van der Waals surface area contributed by atoms with Crippen LogP contribution in [0.2, 0.25) is 0 Å². The highest BCUT2D eigenvalue weighted by Crippen LogP contribution is 2.14. The molecule has 2 amide bonds. The summed E-state index contributed by atoms with van der Waals surface area (Å²) in [5.74, 6) is -0.425. The number of carbonyl (C=O) groups is 2. The highest BCUT2D eigenvalue weighted by atomic mass is 16.2. The number of carbonyl (C=O) groups excluding carboxylic acids is 2. The Morgan fingerprint density at radius 1 is 1.61 bits per heavy atom. The first-order chi connectivity index (χ1) is 8.60. The molecule has 1 fully saturated rings. The topological polar surface area (TPSA) is 76.0 Å².